The lowest BCUT2D eigenvalue weighted by atomic mass is 10.2. The van der Waals surface area contributed by atoms with Gasteiger partial charge in [0.15, 0.2) is 6.29 Å². The number of hydrogen-bond acceptors (Lipinski definition) is 3. The summed E-state index contributed by atoms with van der Waals surface area (Å²) in [7, 11) is 0. The molecule has 1 rings (SSSR count). The lowest BCUT2D eigenvalue weighted by Crippen LogP contribution is -2.20. The van der Waals surface area contributed by atoms with E-state index in [-0.39, 0.29) is 6.29 Å². The number of ether oxygens (including phenoxy) is 1. The second-order valence-corrected chi connectivity index (χ2v) is 1.90. The predicted molar refractivity (Wildman–Crippen MR) is 27.3 cm³/mol. The van der Waals surface area contributed by atoms with E-state index >= 15 is 0 Å². The molecule has 1 fully saturated rings. The minimum absolute atomic E-state index is 0.358. The molecule has 1 atom stereocenters. The highest BCUT2D eigenvalue weighted by Crippen LogP contribution is 2.11. The molecular weight excluding hydrogens is 108 g/mol. The fourth-order valence-corrected chi connectivity index (χ4v) is 0.794. The van der Waals surface area contributed by atoms with Crippen molar-refractivity contribution in [3.63, 3.8) is 0 Å². The van der Waals surface area contributed by atoms with E-state index in [9.17, 15) is 0 Å². The van der Waals surface area contributed by atoms with Crippen LogP contribution in [0.2, 0.25) is 0 Å². The van der Waals surface area contributed by atoms with Crippen molar-refractivity contribution in [3.8, 4) is 0 Å². The molecule has 1 unspecified atom stereocenters. The average Bonchev–Trinajstić information content (AvgIpc) is 1.90. The average molecular weight is 118 g/mol. The van der Waals surface area contributed by atoms with Gasteiger partial charge >= 0.3 is 0 Å². The monoisotopic (exact) mass is 118 g/mol. The zero-order chi connectivity index (χ0) is 5.82. The van der Waals surface area contributed by atoms with Gasteiger partial charge in [-0.1, -0.05) is 0 Å². The molecule has 0 aromatic rings. The molecule has 0 bridgehead atoms. The van der Waals surface area contributed by atoms with Gasteiger partial charge in [-0.25, -0.2) is 10.1 Å². The van der Waals surface area contributed by atoms with Crippen LogP contribution >= 0.6 is 0 Å². The molecule has 0 aromatic heterocycles. The molecule has 3 nitrogen and oxygen atoms in total. The Morgan fingerprint density at radius 2 is 2.38 bits per heavy atom. The van der Waals surface area contributed by atoms with Crippen LogP contribution in [0.5, 0.6) is 0 Å². The third kappa shape index (κ3) is 1.43. The van der Waals surface area contributed by atoms with Gasteiger partial charge in [0.2, 0.25) is 0 Å². The van der Waals surface area contributed by atoms with E-state index in [0.717, 1.165) is 19.3 Å². The van der Waals surface area contributed by atoms with Crippen LogP contribution in [0.4, 0.5) is 0 Å². The van der Waals surface area contributed by atoms with Crippen molar-refractivity contribution in [2.45, 2.75) is 25.6 Å². The zero-order valence-electron chi connectivity index (χ0n) is 4.67. The lowest BCUT2D eigenvalue weighted by molar-refractivity contribution is -0.352. The Bertz CT molecular complexity index is 58.7. The highest BCUT2D eigenvalue weighted by Gasteiger charge is 2.12. The van der Waals surface area contributed by atoms with Crippen LogP contribution in [0.15, 0.2) is 0 Å². The van der Waals surface area contributed by atoms with Gasteiger partial charge in [-0.05, 0) is 12.8 Å². The minimum atomic E-state index is -0.358. The van der Waals surface area contributed by atoms with Gasteiger partial charge in [0.05, 0.1) is 0 Å². The van der Waals surface area contributed by atoms with Crippen molar-refractivity contribution in [3.05, 3.63) is 0 Å². The topological polar surface area (TPSA) is 38.7 Å². The SMILES string of the molecule is OOC1CCCCO1. The van der Waals surface area contributed by atoms with E-state index in [1.165, 1.54) is 0 Å². The Morgan fingerprint density at radius 3 is 2.75 bits per heavy atom. The molecule has 1 saturated heterocycles. The molecule has 1 N–H and O–H groups in total. The number of rotatable bonds is 1. The van der Waals surface area contributed by atoms with Crippen LogP contribution in [0, 0.1) is 0 Å². The molecule has 0 spiro atoms. The van der Waals surface area contributed by atoms with Crippen LogP contribution in [0.25, 0.3) is 0 Å². The molecule has 1 aliphatic rings. The van der Waals surface area contributed by atoms with Gasteiger partial charge in [-0.3, -0.25) is 0 Å². The maximum absolute atomic E-state index is 8.07. The number of hydrogen-bond donors (Lipinski definition) is 1. The summed E-state index contributed by atoms with van der Waals surface area (Å²) in [6.45, 7) is 0.714. The van der Waals surface area contributed by atoms with Crippen molar-refractivity contribution in [1.29, 1.82) is 0 Å². The fraction of sp³-hybridized carbons (Fsp3) is 1.00. The molecular formula is C5H10O3. The van der Waals surface area contributed by atoms with E-state index in [0.29, 0.717) is 6.61 Å². The Balaban J connectivity index is 2.13. The molecule has 0 radical (unpaired) electrons. The van der Waals surface area contributed by atoms with Crippen molar-refractivity contribution in [2.24, 2.45) is 0 Å². The van der Waals surface area contributed by atoms with Gasteiger partial charge in [-0.15, -0.1) is 0 Å². The van der Waals surface area contributed by atoms with E-state index < -0.39 is 0 Å². The molecule has 0 saturated carbocycles. The second kappa shape index (κ2) is 3.02. The van der Waals surface area contributed by atoms with Gasteiger partial charge in [0.25, 0.3) is 0 Å². The van der Waals surface area contributed by atoms with Crippen molar-refractivity contribution in [2.75, 3.05) is 6.61 Å². The molecule has 0 amide bonds. The van der Waals surface area contributed by atoms with E-state index in [1.807, 2.05) is 0 Å². The molecule has 48 valence electrons. The van der Waals surface area contributed by atoms with Crippen molar-refractivity contribution >= 4 is 0 Å². The first kappa shape index (κ1) is 6.01. The summed E-state index contributed by atoms with van der Waals surface area (Å²) in [5.74, 6) is 0. The predicted octanol–water partition coefficient (Wildman–Crippen LogP) is 1.00. The Kier molecular flexibility index (Phi) is 2.27. The maximum Gasteiger partial charge on any atom is 0.190 e. The summed E-state index contributed by atoms with van der Waals surface area (Å²) in [6.07, 6.45) is 2.63. The second-order valence-electron chi connectivity index (χ2n) is 1.90. The van der Waals surface area contributed by atoms with Crippen LogP contribution in [-0.2, 0) is 9.62 Å². The minimum Gasteiger partial charge on any atom is -0.350 e. The third-order valence-electron chi connectivity index (χ3n) is 1.26. The van der Waals surface area contributed by atoms with E-state index in [1.54, 1.807) is 0 Å². The molecule has 0 aromatic carbocycles. The fourth-order valence-electron chi connectivity index (χ4n) is 0.794. The highest BCUT2D eigenvalue weighted by molar-refractivity contribution is 4.51. The summed E-state index contributed by atoms with van der Waals surface area (Å²) >= 11 is 0. The summed E-state index contributed by atoms with van der Waals surface area (Å²) in [5, 5.41) is 8.07. The zero-order valence-corrected chi connectivity index (χ0v) is 4.67. The summed E-state index contributed by atoms with van der Waals surface area (Å²) in [6, 6.07) is 0. The van der Waals surface area contributed by atoms with Crippen molar-refractivity contribution < 1.29 is 14.9 Å². The maximum atomic E-state index is 8.07. The molecule has 8 heavy (non-hydrogen) atoms. The molecule has 3 heteroatoms. The Hall–Kier alpha value is -0.120. The first-order valence-electron chi connectivity index (χ1n) is 2.85. The summed E-state index contributed by atoms with van der Waals surface area (Å²) in [4.78, 5) is 3.97. The summed E-state index contributed by atoms with van der Waals surface area (Å²) < 4.78 is 4.95. The van der Waals surface area contributed by atoms with Crippen LogP contribution in [-0.4, -0.2) is 18.2 Å². The van der Waals surface area contributed by atoms with E-state index in [2.05, 4.69) is 4.89 Å². The normalized spacial score (nSPS) is 30.4. The van der Waals surface area contributed by atoms with E-state index in [4.69, 9.17) is 9.99 Å². The van der Waals surface area contributed by atoms with Gasteiger partial charge in [-0.2, -0.15) is 0 Å². The summed E-state index contributed by atoms with van der Waals surface area (Å²) in [5.41, 5.74) is 0. The van der Waals surface area contributed by atoms with Crippen LogP contribution in [0.3, 0.4) is 0 Å². The first-order chi connectivity index (χ1) is 3.93. The van der Waals surface area contributed by atoms with Crippen LogP contribution in [0.1, 0.15) is 19.3 Å². The van der Waals surface area contributed by atoms with Crippen LogP contribution < -0.4 is 0 Å². The standard InChI is InChI=1S/C5H10O3/c6-8-5-3-1-2-4-7-5/h5-6H,1-4H2. The molecule has 1 aliphatic heterocycles. The largest absolute Gasteiger partial charge is 0.350 e. The molecule has 1 heterocycles. The van der Waals surface area contributed by atoms with Gasteiger partial charge < -0.3 is 4.74 Å². The van der Waals surface area contributed by atoms with Crippen molar-refractivity contribution in [1.82, 2.24) is 0 Å². The first-order valence-corrected chi connectivity index (χ1v) is 2.85. The van der Waals surface area contributed by atoms with Gasteiger partial charge in [0, 0.05) is 13.0 Å². The molecule has 0 aliphatic carbocycles. The van der Waals surface area contributed by atoms with Gasteiger partial charge in [0.1, 0.15) is 0 Å². The Morgan fingerprint density at radius 1 is 1.50 bits per heavy atom. The Labute approximate surface area is 48.1 Å². The quantitative estimate of drug-likeness (QED) is 0.412. The highest BCUT2D eigenvalue weighted by atomic mass is 17.1. The smallest absolute Gasteiger partial charge is 0.190 e. The third-order valence-corrected chi connectivity index (χ3v) is 1.26. The lowest BCUT2D eigenvalue weighted by Gasteiger charge is -2.18.